The fourth-order valence-electron chi connectivity index (χ4n) is 2.11. The topological polar surface area (TPSA) is 89.4 Å². The zero-order valence-corrected chi connectivity index (χ0v) is 9.93. The maximum Gasteiger partial charge on any atom is 0.310 e. The highest BCUT2D eigenvalue weighted by Gasteiger charge is 2.52. The Hall–Kier alpha value is -1.62. The molecule has 0 radical (unpaired) electrons. The molecule has 1 aliphatic carbocycles. The number of hydrogen-bond acceptors (Lipinski definition) is 4. The van der Waals surface area contributed by atoms with Gasteiger partial charge in [0.05, 0.1) is 4.92 Å². The highest BCUT2D eigenvalue weighted by atomic mass is 16.6. The lowest BCUT2D eigenvalue weighted by molar-refractivity contribution is -0.385. The summed E-state index contributed by atoms with van der Waals surface area (Å²) in [6.07, 6.45) is 1.88. The van der Waals surface area contributed by atoms with Crippen LogP contribution < -0.4 is 5.73 Å². The Morgan fingerprint density at radius 1 is 1.47 bits per heavy atom. The molecule has 92 valence electrons. The molecule has 3 N–H and O–H groups in total. The molecule has 0 unspecified atom stereocenters. The zero-order valence-electron chi connectivity index (χ0n) is 9.93. The van der Waals surface area contributed by atoms with Crippen LogP contribution in [0.15, 0.2) is 18.2 Å². The fraction of sp³-hybridized carbons (Fsp3) is 0.500. The molecule has 0 amide bonds. The van der Waals surface area contributed by atoms with Crippen LogP contribution in [0.3, 0.4) is 0 Å². The molecule has 1 fully saturated rings. The van der Waals surface area contributed by atoms with Crippen LogP contribution in [-0.2, 0) is 5.41 Å². The smallest absolute Gasteiger partial charge is 0.310 e. The third kappa shape index (κ3) is 1.76. The zero-order chi connectivity index (χ0) is 12.8. The molecular weight excluding hydrogens is 220 g/mol. The van der Waals surface area contributed by atoms with Gasteiger partial charge in [-0.3, -0.25) is 10.1 Å². The van der Waals surface area contributed by atoms with E-state index in [0.717, 1.165) is 18.4 Å². The van der Waals surface area contributed by atoms with Crippen LogP contribution >= 0.6 is 0 Å². The van der Waals surface area contributed by atoms with Crippen LogP contribution in [-0.4, -0.2) is 15.6 Å². The summed E-state index contributed by atoms with van der Waals surface area (Å²) >= 11 is 0. The molecule has 5 nitrogen and oxygen atoms in total. The minimum Gasteiger partial charge on any atom is -0.502 e. The minimum atomic E-state index is -0.596. The number of phenols is 1. The predicted octanol–water partition coefficient (Wildman–Crippen LogP) is 2.07. The van der Waals surface area contributed by atoms with E-state index in [1.54, 1.807) is 6.07 Å². The van der Waals surface area contributed by atoms with Crippen molar-refractivity contribution in [3.8, 4) is 5.75 Å². The standard InChI is InChI=1S/C12H16N2O3/c1-11(2,12(13)5-6-12)8-3-4-9(14(16)17)10(15)7-8/h3-4,7,15H,5-6,13H2,1-2H3. The van der Waals surface area contributed by atoms with Gasteiger partial charge in [-0.05, 0) is 24.5 Å². The van der Waals surface area contributed by atoms with E-state index in [0.29, 0.717) is 0 Å². The van der Waals surface area contributed by atoms with Crippen molar-refractivity contribution in [2.45, 2.75) is 37.6 Å². The first kappa shape index (κ1) is 11.9. The molecule has 1 aromatic rings. The lowest BCUT2D eigenvalue weighted by atomic mass is 9.76. The summed E-state index contributed by atoms with van der Waals surface area (Å²) in [6.45, 7) is 4.00. The van der Waals surface area contributed by atoms with E-state index >= 15 is 0 Å². The molecular formula is C12H16N2O3. The van der Waals surface area contributed by atoms with E-state index in [1.807, 2.05) is 13.8 Å². The van der Waals surface area contributed by atoms with Crippen molar-refractivity contribution in [3.63, 3.8) is 0 Å². The molecule has 0 spiro atoms. The molecule has 1 saturated carbocycles. The van der Waals surface area contributed by atoms with Crippen molar-refractivity contribution in [2.75, 3.05) is 0 Å². The van der Waals surface area contributed by atoms with Gasteiger partial charge >= 0.3 is 5.69 Å². The average molecular weight is 236 g/mol. The molecule has 17 heavy (non-hydrogen) atoms. The van der Waals surface area contributed by atoms with Crippen molar-refractivity contribution >= 4 is 5.69 Å². The van der Waals surface area contributed by atoms with Crippen LogP contribution in [0.2, 0.25) is 0 Å². The maximum atomic E-state index is 10.6. The largest absolute Gasteiger partial charge is 0.502 e. The van der Waals surface area contributed by atoms with Gasteiger partial charge in [-0.2, -0.15) is 0 Å². The van der Waals surface area contributed by atoms with Gasteiger partial charge in [-0.1, -0.05) is 19.9 Å². The second-order valence-corrected chi connectivity index (χ2v) is 5.24. The highest BCUT2D eigenvalue weighted by Crippen LogP contribution is 2.49. The lowest BCUT2D eigenvalue weighted by Gasteiger charge is -2.32. The van der Waals surface area contributed by atoms with E-state index in [-0.39, 0.29) is 22.4 Å². The molecule has 2 rings (SSSR count). The monoisotopic (exact) mass is 236 g/mol. The summed E-state index contributed by atoms with van der Waals surface area (Å²) in [5, 5.41) is 20.2. The highest BCUT2D eigenvalue weighted by molar-refractivity contribution is 5.50. The van der Waals surface area contributed by atoms with Gasteiger partial charge in [-0.15, -0.1) is 0 Å². The number of nitro benzene ring substituents is 1. The molecule has 0 atom stereocenters. The predicted molar refractivity (Wildman–Crippen MR) is 63.9 cm³/mol. The Balaban J connectivity index is 2.41. The second-order valence-electron chi connectivity index (χ2n) is 5.24. The van der Waals surface area contributed by atoms with Crippen LogP contribution in [0.5, 0.6) is 5.75 Å². The Bertz CT molecular complexity index is 479. The van der Waals surface area contributed by atoms with E-state index in [9.17, 15) is 15.2 Å². The number of nitrogens with zero attached hydrogens (tertiary/aromatic N) is 1. The Morgan fingerprint density at radius 2 is 2.06 bits per heavy atom. The normalized spacial score (nSPS) is 17.8. The fourth-order valence-corrected chi connectivity index (χ4v) is 2.11. The van der Waals surface area contributed by atoms with E-state index in [4.69, 9.17) is 5.73 Å². The maximum absolute atomic E-state index is 10.6. The molecule has 0 heterocycles. The van der Waals surface area contributed by atoms with Crippen LogP contribution in [0, 0.1) is 10.1 Å². The number of hydrogen-bond donors (Lipinski definition) is 2. The van der Waals surface area contributed by atoms with E-state index in [2.05, 4.69) is 0 Å². The summed E-state index contributed by atoms with van der Waals surface area (Å²) in [4.78, 5) is 10.0. The average Bonchev–Trinajstić information content (AvgIpc) is 2.97. The van der Waals surface area contributed by atoms with Gasteiger partial charge < -0.3 is 10.8 Å². The van der Waals surface area contributed by atoms with E-state index < -0.39 is 4.92 Å². The summed E-state index contributed by atoms with van der Waals surface area (Å²) in [5.74, 6) is -0.301. The van der Waals surface area contributed by atoms with E-state index in [1.165, 1.54) is 12.1 Å². The van der Waals surface area contributed by atoms with Crippen LogP contribution in [0.1, 0.15) is 32.3 Å². The van der Waals surface area contributed by atoms with Crippen molar-refractivity contribution in [2.24, 2.45) is 5.73 Å². The minimum absolute atomic E-state index is 0.254. The summed E-state index contributed by atoms with van der Waals surface area (Å²) < 4.78 is 0. The number of aromatic hydroxyl groups is 1. The van der Waals surface area contributed by atoms with Gasteiger partial charge in [0.15, 0.2) is 5.75 Å². The van der Waals surface area contributed by atoms with Crippen molar-refractivity contribution in [1.29, 1.82) is 0 Å². The van der Waals surface area contributed by atoms with Crippen molar-refractivity contribution in [1.82, 2.24) is 0 Å². The third-order valence-corrected chi connectivity index (χ3v) is 3.93. The Kier molecular flexibility index (Phi) is 2.39. The first-order valence-electron chi connectivity index (χ1n) is 5.55. The quantitative estimate of drug-likeness (QED) is 0.621. The number of nitro groups is 1. The first-order chi connectivity index (χ1) is 7.78. The Morgan fingerprint density at radius 3 is 2.47 bits per heavy atom. The van der Waals surface area contributed by atoms with Gasteiger partial charge in [-0.25, -0.2) is 0 Å². The number of benzene rings is 1. The van der Waals surface area contributed by atoms with Crippen molar-refractivity contribution < 1.29 is 10.0 Å². The SMILES string of the molecule is CC(C)(c1ccc([N+](=O)[O-])c(O)c1)C1(N)CC1. The molecule has 0 saturated heterocycles. The van der Waals surface area contributed by atoms with Gasteiger partial charge in [0, 0.05) is 17.0 Å². The molecule has 0 aromatic heterocycles. The molecule has 1 aromatic carbocycles. The second kappa shape index (κ2) is 3.43. The lowest BCUT2D eigenvalue weighted by Crippen LogP contribution is -2.43. The third-order valence-electron chi connectivity index (χ3n) is 3.93. The number of nitrogens with two attached hydrogens (primary N) is 1. The molecule has 1 aliphatic rings. The van der Waals surface area contributed by atoms with Crippen LogP contribution in [0.25, 0.3) is 0 Å². The summed E-state index contributed by atoms with van der Waals surface area (Å²) in [5.41, 5.74) is 6.20. The number of rotatable bonds is 3. The summed E-state index contributed by atoms with van der Waals surface area (Å²) in [7, 11) is 0. The van der Waals surface area contributed by atoms with Gasteiger partial charge in [0.2, 0.25) is 0 Å². The van der Waals surface area contributed by atoms with Gasteiger partial charge in [0.25, 0.3) is 0 Å². The molecule has 0 bridgehead atoms. The van der Waals surface area contributed by atoms with Crippen molar-refractivity contribution in [3.05, 3.63) is 33.9 Å². The number of phenolic OH excluding ortho intramolecular Hbond substituents is 1. The summed E-state index contributed by atoms with van der Waals surface area (Å²) in [6, 6.07) is 4.45. The molecule has 0 aliphatic heterocycles. The van der Waals surface area contributed by atoms with Crippen LogP contribution in [0.4, 0.5) is 5.69 Å². The first-order valence-corrected chi connectivity index (χ1v) is 5.55. The molecule has 5 heteroatoms. The Labute approximate surface area is 99.4 Å². The van der Waals surface area contributed by atoms with Gasteiger partial charge in [0.1, 0.15) is 0 Å².